The van der Waals surface area contributed by atoms with Crippen molar-refractivity contribution in [1.82, 2.24) is 0 Å². The molecule has 0 saturated heterocycles. The Morgan fingerprint density at radius 1 is 0.852 bits per heavy atom. The Bertz CT molecular complexity index is 1130. The fourth-order valence-corrected chi connectivity index (χ4v) is 3.96. The molecule has 1 aliphatic rings. The molecule has 3 nitrogen and oxygen atoms in total. The lowest BCUT2D eigenvalue weighted by molar-refractivity contribution is 0.153. The van der Waals surface area contributed by atoms with Crippen LogP contribution in [0.2, 0.25) is 0 Å². The van der Waals surface area contributed by atoms with Gasteiger partial charge in [0.15, 0.2) is 0 Å². The van der Waals surface area contributed by atoms with E-state index in [0.717, 1.165) is 18.4 Å². The molecule has 0 saturated carbocycles. The van der Waals surface area contributed by atoms with Gasteiger partial charge in [-0.1, -0.05) is 61.5 Å². The SMILES string of the molecule is CC1CCC(O)c2c1ccc1c2ccc2ccccc21.O=c1cccco1. The highest BCUT2D eigenvalue weighted by atomic mass is 16.4. The van der Waals surface area contributed by atoms with E-state index < -0.39 is 0 Å². The fraction of sp³-hybridized carbons (Fsp3) is 0.208. The molecule has 0 bridgehead atoms. The summed E-state index contributed by atoms with van der Waals surface area (Å²) in [4.78, 5) is 10.1. The highest BCUT2D eigenvalue weighted by molar-refractivity contribution is 6.08. The van der Waals surface area contributed by atoms with Crippen molar-refractivity contribution in [3.05, 3.63) is 94.5 Å². The summed E-state index contributed by atoms with van der Waals surface area (Å²) in [6.07, 6.45) is 2.99. The maximum Gasteiger partial charge on any atom is 0.335 e. The van der Waals surface area contributed by atoms with Crippen molar-refractivity contribution >= 4 is 21.5 Å². The number of aliphatic hydroxyl groups is 1. The number of hydrogen-bond donors (Lipinski definition) is 1. The maximum atomic E-state index is 10.4. The van der Waals surface area contributed by atoms with E-state index in [9.17, 15) is 9.90 Å². The van der Waals surface area contributed by atoms with Crippen molar-refractivity contribution in [3.63, 3.8) is 0 Å². The minimum Gasteiger partial charge on any atom is -0.431 e. The van der Waals surface area contributed by atoms with Crippen molar-refractivity contribution in [2.75, 3.05) is 0 Å². The van der Waals surface area contributed by atoms with Gasteiger partial charge in [-0.2, -0.15) is 0 Å². The van der Waals surface area contributed by atoms with Gasteiger partial charge in [0.25, 0.3) is 0 Å². The Morgan fingerprint density at radius 2 is 1.63 bits per heavy atom. The molecule has 0 fully saturated rings. The van der Waals surface area contributed by atoms with Gasteiger partial charge in [-0.05, 0) is 57.5 Å². The third kappa shape index (κ3) is 3.38. The molecule has 0 amide bonds. The number of benzene rings is 3. The molecular weight excluding hydrogens is 336 g/mol. The molecule has 0 aliphatic heterocycles. The fourth-order valence-electron chi connectivity index (χ4n) is 3.96. The highest BCUT2D eigenvalue weighted by Gasteiger charge is 2.25. The molecule has 3 aromatic carbocycles. The standard InChI is InChI=1S/C19H18O.C5H4O2/c1-12-6-11-18(20)19-14(12)9-10-16-15-5-3-2-4-13(15)7-8-17(16)19;6-5-3-1-2-4-7-5/h2-5,7-10,12,18,20H,6,11H2,1H3;1-4H. The predicted molar refractivity (Wildman–Crippen MR) is 109 cm³/mol. The van der Waals surface area contributed by atoms with E-state index in [2.05, 4.69) is 59.9 Å². The van der Waals surface area contributed by atoms with E-state index in [1.54, 1.807) is 12.1 Å². The van der Waals surface area contributed by atoms with E-state index in [4.69, 9.17) is 0 Å². The Hall–Kier alpha value is -2.91. The van der Waals surface area contributed by atoms with E-state index in [0.29, 0.717) is 5.92 Å². The normalized spacial score (nSPS) is 18.6. The van der Waals surface area contributed by atoms with Gasteiger partial charge in [0.1, 0.15) is 0 Å². The van der Waals surface area contributed by atoms with Crippen LogP contribution < -0.4 is 5.63 Å². The number of aliphatic hydroxyl groups excluding tert-OH is 1. The molecule has 5 rings (SSSR count). The summed E-state index contributed by atoms with van der Waals surface area (Å²) in [5.74, 6) is 0.546. The van der Waals surface area contributed by atoms with Gasteiger partial charge in [-0.25, -0.2) is 4.79 Å². The largest absolute Gasteiger partial charge is 0.431 e. The lowest BCUT2D eigenvalue weighted by atomic mass is 9.79. The molecule has 27 heavy (non-hydrogen) atoms. The number of fused-ring (bicyclic) bond motifs is 5. The van der Waals surface area contributed by atoms with Crippen LogP contribution in [0.5, 0.6) is 0 Å². The molecule has 0 radical (unpaired) electrons. The van der Waals surface area contributed by atoms with E-state index in [1.165, 1.54) is 39.4 Å². The first kappa shape index (κ1) is 17.5. The lowest BCUT2D eigenvalue weighted by Gasteiger charge is -2.28. The Labute approximate surface area is 157 Å². The minimum atomic E-state index is -0.314. The predicted octanol–water partition coefficient (Wildman–Crippen LogP) is 5.56. The van der Waals surface area contributed by atoms with Crippen LogP contribution in [0.25, 0.3) is 21.5 Å². The van der Waals surface area contributed by atoms with Crippen molar-refractivity contribution in [3.8, 4) is 0 Å². The van der Waals surface area contributed by atoms with Gasteiger partial charge in [0.2, 0.25) is 0 Å². The van der Waals surface area contributed by atoms with Gasteiger partial charge < -0.3 is 9.52 Å². The average Bonchev–Trinajstić information content (AvgIpc) is 2.71. The Balaban J connectivity index is 0.000000218. The molecule has 2 unspecified atom stereocenters. The van der Waals surface area contributed by atoms with Gasteiger partial charge in [-0.15, -0.1) is 0 Å². The first-order valence-corrected chi connectivity index (χ1v) is 9.31. The molecule has 136 valence electrons. The second kappa shape index (κ2) is 7.37. The third-order valence-electron chi connectivity index (χ3n) is 5.34. The van der Waals surface area contributed by atoms with Crippen molar-refractivity contribution < 1.29 is 9.52 Å². The summed E-state index contributed by atoms with van der Waals surface area (Å²) >= 11 is 0. The number of hydrogen-bond acceptors (Lipinski definition) is 3. The zero-order valence-corrected chi connectivity index (χ0v) is 15.3. The summed E-state index contributed by atoms with van der Waals surface area (Å²) in [6, 6.07) is 21.9. The second-order valence-electron chi connectivity index (χ2n) is 7.07. The smallest absolute Gasteiger partial charge is 0.335 e. The van der Waals surface area contributed by atoms with Gasteiger partial charge in [-0.3, -0.25) is 0 Å². The molecule has 1 N–H and O–H groups in total. The molecular formula is C24H22O3. The minimum absolute atomic E-state index is 0.303. The van der Waals surface area contributed by atoms with E-state index in [1.807, 2.05) is 0 Å². The summed E-state index contributed by atoms with van der Waals surface area (Å²) < 4.78 is 4.37. The first-order chi connectivity index (χ1) is 13.1. The topological polar surface area (TPSA) is 50.4 Å². The molecule has 1 aromatic heterocycles. The van der Waals surface area contributed by atoms with E-state index in [-0.39, 0.29) is 11.7 Å². The Kier molecular flexibility index (Phi) is 4.78. The zero-order chi connectivity index (χ0) is 18.8. The van der Waals surface area contributed by atoms with Crippen LogP contribution in [0, 0.1) is 0 Å². The van der Waals surface area contributed by atoms with Crippen LogP contribution in [0.1, 0.15) is 42.9 Å². The molecule has 1 heterocycles. The Morgan fingerprint density at radius 3 is 2.37 bits per heavy atom. The van der Waals surface area contributed by atoms with Crippen molar-refractivity contribution in [1.29, 1.82) is 0 Å². The summed E-state index contributed by atoms with van der Waals surface area (Å²) in [6.45, 7) is 2.26. The first-order valence-electron chi connectivity index (χ1n) is 9.31. The monoisotopic (exact) mass is 358 g/mol. The second-order valence-corrected chi connectivity index (χ2v) is 7.07. The molecule has 2 atom stereocenters. The number of rotatable bonds is 0. The molecule has 3 heteroatoms. The van der Waals surface area contributed by atoms with Gasteiger partial charge >= 0.3 is 5.63 Å². The van der Waals surface area contributed by atoms with Crippen LogP contribution in [0.15, 0.2) is 82.2 Å². The summed E-state index contributed by atoms with van der Waals surface area (Å²) in [5, 5.41) is 15.5. The van der Waals surface area contributed by atoms with Crippen molar-refractivity contribution in [2.45, 2.75) is 31.8 Å². The average molecular weight is 358 g/mol. The maximum absolute atomic E-state index is 10.4. The van der Waals surface area contributed by atoms with Crippen LogP contribution >= 0.6 is 0 Å². The van der Waals surface area contributed by atoms with Crippen molar-refractivity contribution in [2.24, 2.45) is 0 Å². The van der Waals surface area contributed by atoms with Gasteiger partial charge in [0.05, 0.1) is 12.4 Å². The summed E-state index contributed by atoms with van der Waals surface area (Å²) in [7, 11) is 0. The summed E-state index contributed by atoms with van der Waals surface area (Å²) in [5.41, 5.74) is 2.18. The molecule has 0 spiro atoms. The van der Waals surface area contributed by atoms with Crippen LogP contribution in [0.3, 0.4) is 0 Å². The highest BCUT2D eigenvalue weighted by Crippen LogP contribution is 2.42. The quantitative estimate of drug-likeness (QED) is 0.418. The lowest BCUT2D eigenvalue weighted by Crippen LogP contribution is -2.12. The molecule has 1 aliphatic carbocycles. The van der Waals surface area contributed by atoms with Gasteiger partial charge in [0, 0.05) is 6.07 Å². The van der Waals surface area contributed by atoms with E-state index >= 15 is 0 Å². The third-order valence-corrected chi connectivity index (χ3v) is 5.34. The zero-order valence-electron chi connectivity index (χ0n) is 15.3. The van der Waals surface area contributed by atoms with Crippen LogP contribution in [0.4, 0.5) is 0 Å². The van der Waals surface area contributed by atoms with Crippen LogP contribution in [-0.4, -0.2) is 5.11 Å². The van der Waals surface area contributed by atoms with Crippen LogP contribution in [-0.2, 0) is 0 Å². The molecule has 4 aromatic rings.